The summed E-state index contributed by atoms with van der Waals surface area (Å²) in [4.78, 5) is 5.41. The van der Waals surface area contributed by atoms with Crippen LogP contribution in [0.4, 0.5) is 0 Å². The van der Waals surface area contributed by atoms with Gasteiger partial charge in [0.25, 0.3) is 0 Å². The zero-order valence-electron chi connectivity index (χ0n) is 7.64. The number of hydroxylamine groups is 3. The molecule has 0 fully saturated rings. The van der Waals surface area contributed by atoms with Gasteiger partial charge in [-0.05, 0) is 13.5 Å². The summed E-state index contributed by atoms with van der Waals surface area (Å²) in [5.74, 6) is 0. The minimum atomic E-state index is 0. The molecule has 2 N–H and O–H groups in total. The number of nitrogens with zero attached hydrogens (tertiary/aromatic N) is 1. The molecule has 11 heavy (non-hydrogen) atoms. The summed E-state index contributed by atoms with van der Waals surface area (Å²) in [6.07, 6.45) is 1.02. The third-order valence-corrected chi connectivity index (χ3v) is 1.38. The van der Waals surface area contributed by atoms with Crippen LogP contribution in [0.5, 0.6) is 0 Å². The van der Waals surface area contributed by atoms with Crippen molar-refractivity contribution in [3.63, 3.8) is 0 Å². The van der Waals surface area contributed by atoms with Crippen LogP contribution in [0, 0.1) is 0 Å². The third kappa shape index (κ3) is 8.26. The molecule has 0 aromatic carbocycles. The van der Waals surface area contributed by atoms with Crippen LogP contribution < -0.4 is 22.7 Å². The number of hydrogen-bond donors (Lipinski definition) is 1. The number of nitrogens with two attached hydrogens (primary N) is 1. The summed E-state index contributed by atoms with van der Waals surface area (Å²) in [5, 5.41) is 0. The summed E-state index contributed by atoms with van der Waals surface area (Å²) >= 11 is 0. The maximum atomic E-state index is 5.41. The monoisotopic (exact) mass is 226 g/mol. The van der Waals surface area contributed by atoms with Gasteiger partial charge in [0.1, 0.15) is 13.2 Å². The van der Waals surface area contributed by atoms with Gasteiger partial charge in [-0.15, -0.1) is 0 Å². The number of rotatable bonds is 5. The Kier molecular flexibility index (Phi) is 8.90. The fourth-order valence-corrected chi connectivity index (χ4v) is 0.886. The molecule has 0 spiro atoms. The van der Waals surface area contributed by atoms with E-state index >= 15 is 0 Å². The molecule has 0 aromatic rings. The lowest BCUT2D eigenvalue weighted by atomic mass is 10.4. The highest BCUT2D eigenvalue weighted by atomic mass is 79.9. The molecule has 0 saturated carbocycles. The van der Waals surface area contributed by atoms with Gasteiger partial charge in [0.2, 0.25) is 0 Å². The normalized spacial score (nSPS) is 10.9. The predicted molar refractivity (Wildman–Crippen MR) is 42.3 cm³/mol. The van der Waals surface area contributed by atoms with E-state index in [4.69, 9.17) is 10.6 Å². The van der Waals surface area contributed by atoms with E-state index in [1.165, 1.54) is 0 Å². The van der Waals surface area contributed by atoms with Gasteiger partial charge >= 0.3 is 0 Å². The van der Waals surface area contributed by atoms with Gasteiger partial charge < -0.3 is 22.7 Å². The summed E-state index contributed by atoms with van der Waals surface area (Å²) in [6.45, 7) is 4.50. The average Bonchev–Trinajstić information content (AvgIpc) is 1.84. The summed E-state index contributed by atoms with van der Waals surface area (Å²) in [5.41, 5.74) is 5.37. The fourth-order valence-electron chi connectivity index (χ4n) is 0.886. The highest BCUT2D eigenvalue weighted by Crippen LogP contribution is 1.98. The Balaban J connectivity index is 0. The van der Waals surface area contributed by atoms with Crippen molar-refractivity contribution in [2.75, 3.05) is 33.8 Å². The zero-order chi connectivity index (χ0) is 8.04. The van der Waals surface area contributed by atoms with Crippen molar-refractivity contribution in [3.8, 4) is 0 Å². The van der Waals surface area contributed by atoms with Crippen LogP contribution in [0.2, 0.25) is 0 Å². The molecule has 0 aromatic heterocycles. The Morgan fingerprint density at radius 2 is 1.91 bits per heavy atom. The molecule has 0 amide bonds. The van der Waals surface area contributed by atoms with E-state index in [0.717, 1.165) is 26.1 Å². The average molecular weight is 227 g/mol. The molecule has 0 radical (unpaired) electrons. The lowest BCUT2D eigenvalue weighted by Crippen LogP contribution is -3.00. The van der Waals surface area contributed by atoms with Crippen LogP contribution >= 0.6 is 0 Å². The molecule has 0 rings (SSSR count). The summed E-state index contributed by atoms with van der Waals surface area (Å²) < 4.78 is 0.619. The molecule has 0 heterocycles. The van der Waals surface area contributed by atoms with Crippen molar-refractivity contribution in [2.45, 2.75) is 13.3 Å². The van der Waals surface area contributed by atoms with Crippen molar-refractivity contribution in [1.82, 2.24) is 0 Å². The predicted octanol–water partition coefficient (Wildman–Crippen LogP) is -2.63. The minimum absolute atomic E-state index is 0. The summed E-state index contributed by atoms with van der Waals surface area (Å²) in [6, 6.07) is 0. The van der Waals surface area contributed by atoms with Crippen molar-refractivity contribution in [1.29, 1.82) is 0 Å². The second-order valence-electron chi connectivity index (χ2n) is 2.86. The van der Waals surface area contributed by atoms with Crippen molar-refractivity contribution < 1.29 is 26.5 Å². The van der Waals surface area contributed by atoms with Crippen molar-refractivity contribution in [3.05, 3.63) is 0 Å². The Morgan fingerprint density at radius 3 is 2.27 bits per heavy atom. The Morgan fingerprint density at radius 1 is 1.36 bits per heavy atom. The van der Waals surface area contributed by atoms with Crippen LogP contribution in [0.15, 0.2) is 0 Å². The molecule has 3 nitrogen and oxygen atoms in total. The maximum Gasteiger partial charge on any atom is 0.110 e. The van der Waals surface area contributed by atoms with Crippen LogP contribution in [0.25, 0.3) is 0 Å². The van der Waals surface area contributed by atoms with Crippen molar-refractivity contribution in [2.24, 2.45) is 5.73 Å². The molecular formula is C7H19BrN2O. The maximum absolute atomic E-state index is 5.41. The first-order chi connectivity index (χ1) is 4.62. The minimum Gasteiger partial charge on any atom is -1.00 e. The van der Waals surface area contributed by atoms with Gasteiger partial charge in [0, 0.05) is 6.42 Å². The molecule has 0 aliphatic heterocycles. The first kappa shape index (κ1) is 13.9. The van der Waals surface area contributed by atoms with Crippen LogP contribution in [0.1, 0.15) is 13.3 Å². The van der Waals surface area contributed by atoms with Gasteiger partial charge in [0.05, 0.1) is 14.1 Å². The second-order valence-corrected chi connectivity index (χ2v) is 2.86. The first-order valence-corrected chi connectivity index (χ1v) is 3.80. The molecule has 0 aliphatic carbocycles. The molecule has 0 saturated heterocycles. The van der Waals surface area contributed by atoms with Gasteiger partial charge in [-0.3, -0.25) is 0 Å². The molecule has 0 aliphatic rings. The standard InChI is InChI=1S/C7H19N2O.BrH/c1-4-10-9(2,3)7-5-6-8;/h4-8H2,1-3H3;1H/q+1;/p-1. The zero-order valence-corrected chi connectivity index (χ0v) is 9.23. The molecular weight excluding hydrogens is 208 g/mol. The topological polar surface area (TPSA) is 35.2 Å². The van der Waals surface area contributed by atoms with E-state index in [2.05, 4.69) is 0 Å². The van der Waals surface area contributed by atoms with E-state index in [0.29, 0.717) is 4.65 Å². The van der Waals surface area contributed by atoms with E-state index in [1.54, 1.807) is 0 Å². The van der Waals surface area contributed by atoms with Crippen LogP contribution in [-0.4, -0.2) is 38.4 Å². The molecule has 0 atom stereocenters. The highest BCUT2D eigenvalue weighted by molar-refractivity contribution is 4.32. The van der Waals surface area contributed by atoms with Crippen molar-refractivity contribution >= 4 is 0 Å². The van der Waals surface area contributed by atoms with E-state index in [9.17, 15) is 0 Å². The third-order valence-electron chi connectivity index (χ3n) is 1.38. The largest absolute Gasteiger partial charge is 1.00 e. The second kappa shape index (κ2) is 7.03. The molecule has 4 heteroatoms. The van der Waals surface area contributed by atoms with E-state index in [-0.39, 0.29) is 17.0 Å². The number of quaternary nitrogens is 1. The lowest BCUT2D eigenvalue weighted by molar-refractivity contribution is -1.08. The quantitative estimate of drug-likeness (QED) is 0.412. The molecule has 0 unspecified atom stereocenters. The number of hydrogen-bond acceptors (Lipinski definition) is 2. The summed E-state index contributed by atoms with van der Waals surface area (Å²) in [7, 11) is 4.08. The molecule has 70 valence electrons. The fraction of sp³-hybridized carbons (Fsp3) is 1.00. The Labute approximate surface area is 79.8 Å². The van der Waals surface area contributed by atoms with Gasteiger partial charge in [0.15, 0.2) is 0 Å². The van der Waals surface area contributed by atoms with Crippen LogP contribution in [0.3, 0.4) is 0 Å². The van der Waals surface area contributed by atoms with Gasteiger partial charge in [-0.1, -0.05) is 0 Å². The Bertz CT molecular complexity index is 88.5. The van der Waals surface area contributed by atoms with E-state index in [1.807, 2.05) is 21.0 Å². The lowest BCUT2D eigenvalue weighted by Gasteiger charge is -2.25. The van der Waals surface area contributed by atoms with E-state index < -0.39 is 0 Å². The first-order valence-electron chi connectivity index (χ1n) is 3.80. The SMILES string of the molecule is CCO[N+](C)(C)CCCN.[Br-]. The highest BCUT2D eigenvalue weighted by Gasteiger charge is 2.13. The van der Waals surface area contributed by atoms with Gasteiger partial charge in [-0.2, -0.15) is 4.65 Å². The van der Waals surface area contributed by atoms with Gasteiger partial charge in [-0.25, -0.2) is 4.84 Å². The molecule has 0 bridgehead atoms. The van der Waals surface area contributed by atoms with Crippen LogP contribution in [-0.2, 0) is 4.84 Å². The number of halogens is 1. The smallest absolute Gasteiger partial charge is 0.110 e. The Hall–Kier alpha value is 0.360.